The van der Waals surface area contributed by atoms with Gasteiger partial charge in [0, 0.05) is 46.0 Å². The fourth-order valence-electron chi connectivity index (χ4n) is 2.59. The van der Waals surface area contributed by atoms with Crippen LogP contribution in [0.4, 0.5) is 5.00 Å². The molecule has 1 aliphatic heterocycles. The summed E-state index contributed by atoms with van der Waals surface area (Å²) in [6, 6.07) is 4.34. The standard InChI is InChI=1S/C14H18N6S/c1-11-13(9-15)14(21-17-11)20-7-5-19(6-8-20)10-12-3-4-18(2)16-12/h3-4H,5-8,10H2,1-2H3. The Hall–Kier alpha value is -1.91. The highest BCUT2D eigenvalue weighted by Crippen LogP contribution is 2.28. The number of hydrogen-bond donors (Lipinski definition) is 0. The van der Waals surface area contributed by atoms with E-state index in [1.54, 1.807) is 0 Å². The lowest BCUT2D eigenvalue weighted by Crippen LogP contribution is -2.46. The maximum Gasteiger partial charge on any atom is 0.130 e. The smallest absolute Gasteiger partial charge is 0.130 e. The quantitative estimate of drug-likeness (QED) is 0.857. The molecule has 1 fully saturated rings. The Morgan fingerprint density at radius 3 is 2.71 bits per heavy atom. The third-order valence-electron chi connectivity index (χ3n) is 3.77. The van der Waals surface area contributed by atoms with E-state index in [0.29, 0.717) is 0 Å². The molecule has 0 aromatic carbocycles. The maximum absolute atomic E-state index is 9.24. The first-order chi connectivity index (χ1) is 10.2. The minimum absolute atomic E-state index is 0.734. The van der Waals surface area contributed by atoms with Crippen LogP contribution >= 0.6 is 11.5 Å². The van der Waals surface area contributed by atoms with Gasteiger partial charge in [-0.15, -0.1) is 0 Å². The van der Waals surface area contributed by atoms with Gasteiger partial charge in [-0.05, 0) is 24.5 Å². The number of nitrogens with zero attached hydrogens (tertiary/aromatic N) is 6. The van der Waals surface area contributed by atoms with Crippen molar-refractivity contribution in [2.24, 2.45) is 7.05 Å². The van der Waals surface area contributed by atoms with E-state index in [2.05, 4.69) is 31.4 Å². The van der Waals surface area contributed by atoms with Crippen molar-refractivity contribution in [2.75, 3.05) is 31.1 Å². The molecule has 0 amide bonds. The van der Waals surface area contributed by atoms with Crippen LogP contribution in [0.2, 0.25) is 0 Å². The minimum atomic E-state index is 0.734. The zero-order valence-electron chi connectivity index (χ0n) is 12.3. The third kappa shape index (κ3) is 2.91. The summed E-state index contributed by atoms with van der Waals surface area (Å²) in [6.07, 6.45) is 1.98. The molecule has 6 nitrogen and oxygen atoms in total. The van der Waals surface area contributed by atoms with Crippen LogP contribution in [0.25, 0.3) is 0 Å². The zero-order valence-corrected chi connectivity index (χ0v) is 13.1. The lowest BCUT2D eigenvalue weighted by Gasteiger charge is -2.34. The Morgan fingerprint density at radius 1 is 1.33 bits per heavy atom. The first kappa shape index (κ1) is 14.0. The number of hydrogen-bond acceptors (Lipinski definition) is 6. The summed E-state index contributed by atoms with van der Waals surface area (Å²) in [4.78, 5) is 4.68. The van der Waals surface area contributed by atoms with E-state index in [1.807, 2.05) is 24.9 Å². The van der Waals surface area contributed by atoms with Crippen LogP contribution in [0.15, 0.2) is 12.3 Å². The zero-order chi connectivity index (χ0) is 14.8. The molecule has 3 rings (SSSR count). The SMILES string of the molecule is Cc1nsc(N2CCN(Cc3ccn(C)n3)CC2)c1C#N. The van der Waals surface area contributed by atoms with Crippen LogP contribution < -0.4 is 4.90 Å². The van der Waals surface area contributed by atoms with Crippen LogP contribution in [-0.2, 0) is 13.6 Å². The Morgan fingerprint density at radius 2 is 2.10 bits per heavy atom. The predicted octanol–water partition coefficient (Wildman–Crippen LogP) is 1.38. The van der Waals surface area contributed by atoms with E-state index in [9.17, 15) is 5.26 Å². The molecule has 7 heteroatoms. The lowest BCUT2D eigenvalue weighted by molar-refractivity contribution is 0.247. The van der Waals surface area contributed by atoms with E-state index in [0.717, 1.165) is 54.7 Å². The molecule has 21 heavy (non-hydrogen) atoms. The summed E-state index contributed by atoms with van der Waals surface area (Å²) >= 11 is 1.44. The highest BCUT2D eigenvalue weighted by molar-refractivity contribution is 7.10. The van der Waals surface area contributed by atoms with Crippen molar-refractivity contribution in [3.05, 3.63) is 29.2 Å². The summed E-state index contributed by atoms with van der Waals surface area (Å²) < 4.78 is 6.14. The first-order valence-corrected chi connectivity index (χ1v) is 7.77. The number of aryl methyl sites for hydroxylation is 2. The molecule has 2 aromatic heterocycles. The molecule has 0 saturated carbocycles. The van der Waals surface area contributed by atoms with Gasteiger partial charge in [-0.2, -0.15) is 14.7 Å². The van der Waals surface area contributed by atoms with Crippen molar-refractivity contribution < 1.29 is 0 Å². The molecule has 3 heterocycles. The van der Waals surface area contributed by atoms with Crippen LogP contribution in [-0.4, -0.2) is 45.2 Å². The van der Waals surface area contributed by atoms with E-state index in [-0.39, 0.29) is 0 Å². The summed E-state index contributed by atoms with van der Waals surface area (Å²) in [7, 11) is 1.94. The monoisotopic (exact) mass is 302 g/mol. The Labute approximate surface area is 128 Å². The predicted molar refractivity (Wildman–Crippen MR) is 82.3 cm³/mol. The molecule has 2 aromatic rings. The van der Waals surface area contributed by atoms with Crippen molar-refractivity contribution in [3.63, 3.8) is 0 Å². The Bertz CT molecular complexity index is 659. The number of piperazine rings is 1. The van der Waals surface area contributed by atoms with Gasteiger partial charge in [0.1, 0.15) is 16.6 Å². The second kappa shape index (κ2) is 5.84. The fourth-order valence-corrected chi connectivity index (χ4v) is 3.49. The van der Waals surface area contributed by atoms with Gasteiger partial charge in [0.15, 0.2) is 0 Å². The molecule has 110 valence electrons. The van der Waals surface area contributed by atoms with E-state index >= 15 is 0 Å². The largest absolute Gasteiger partial charge is 0.359 e. The van der Waals surface area contributed by atoms with Gasteiger partial charge >= 0.3 is 0 Å². The minimum Gasteiger partial charge on any atom is -0.359 e. The first-order valence-electron chi connectivity index (χ1n) is 6.99. The van der Waals surface area contributed by atoms with Crippen LogP contribution in [0.5, 0.6) is 0 Å². The highest BCUT2D eigenvalue weighted by Gasteiger charge is 2.22. The van der Waals surface area contributed by atoms with Gasteiger partial charge in [0.25, 0.3) is 0 Å². The molecule has 0 N–H and O–H groups in total. The summed E-state index contributed by atoms with van der Waals surface area (Å²) in [6.45, 7) is 6.63. The number of aromatic nitrogens is 3. The van der Waals surface area contributed by atoms with Gasteiger partial charge in [0.2, 0.25) is 0 Å². The Balaban J connectivity index is 1.61. The van der Waals surface area contributed by atoms with Crippen molar-refractivity contribution >= 4 is 16.5 Å². The van der Waals surface area contributed by atoms with Gasteiger partial charge in [-0.3, -0.25) is 9.58 Å². The number of nitriles is 1. The van der Waals surface area contributed by atoms with Crippen LogP contribution in [0, 0.1) is 18.3 Å². The molecular formula is C14H18N6S. The second-order valence-corrected chi connectivity index (χ2v) is 6.06. The maximum atomic E-state index is 9.24. The lowest BCUT2D eigenvalue weighted by atomic mass is 10.2. The average molecular weight is 302 g/mol. The number of anilines is 1. The molecule has 0 spiro atoms. The van der Waals surface area contributed by atoms with Gasteiger partial charge < -0.3 is 4.90 Å². The summed E-state index contributed by atoms with van der Waals surface area (Å²) in [5, 5.41) is 14.7. The van der Waals surface area contributed by atoms with Crippen molar-refractivity contribution in [3.8, 4) is 6.07 Å². The molecule has 1 aliphatic rings. The van der Waals surface area contributed by atoms with Crippen molar-refractivity contribution in [1.29, 1.82) is 5.26 Å². The summed E-state index contributed by atoms with van der Waals surface area (Å²) in [5.74, 6) is 0. The fraction of sp³-hybridized carbons (Fsp3) is 0.500. The molecule has 0 unspecified atom stereocenters. The van der Waals surface area contributed by atoms with Gasteiger partial charge in [0.05, 0.1) is 11.4 Å². The average Bonchev–Trinajstić information content (AvgIpc) is 3.05. The molecule has 0 bridgehead atoms. The van der Waals surface area contributed by atoms with Crippen molar-refractivity contribution in [1.82, 2.24) is 19.1 Å². The molecule has 0 radical (unpaired) electrons. The normalized spacial score (nSPS) is 16.1. The van der Waals surface area contributed by atoms with E-state index in [4.69, 9.17) is 0 Å². The van der Waals surface area contributed by atoms with Crippen LogP contribution in [0.3, 0.4) is 0 Å². The summed E-state index contributed by atoms with van der Waals surface area (Å²) in [5.41, 5.74) is 2.68. The van der Waals surface area contributed by atoms with Crippen LogP contribution in [0.1, 0.15) is 17.0 Å². The number of rotatable bonds is 3. The second-order valence-electron chi connectivity index (χ2n) is 5.30. The Kier molecular flexibility index (Phi) is 3.90. The van der Waals surface area contributed by atoms with E-state index in [1.165, 1.54) is 11.5 Å². The third-order valence-corrected chi connectivity index (χ3v) is 4.77. The molecule has 1 saturated heterocycles. The molecule has 0 atom stereocenters. The van der Waals surface area contributed by atoms with E-state index < -0.39 is 0 Å². The van der Waals surface area contributed by atoms with Gasteiger partial charge in [-0.25, -0.2) is 0 Å². The highest BCUT2D eigenvalue weighted by atomic mass is 32.1. The molecular weight excluding hydrogens is 284 g/mol. The van der Waals surface area contributed by atoms with Gasteiger partial charge in [-0.1, -0.05) is 0 Å². The molecule has 0 aliphatic carbocycles. The topological polar surface area (TPSA) is 61.0 Å². The van der Waals surface area contributed by atoms with Crippen molar-refractivity contribution in [2.45, 2.75) is 13.5 Å².